The van der Waals surface area contributed by atoms with Crippen molar-refractivity contribution < 1.29 is 0 Å². The summed E-state index contributed by atoms with van der Waals surface area (Å²) in [5.41, 5.74) is 7.07. The number of aromatic amines is 1. The minimum Gasteiger partial charge on any atom is -0.377 e. The summed E-state index contributed by atoms with van der Waals surface area (Å²) in [7, 11) is 0. The second kappa shape index (κ2) is 4.88. The summed E-state index contributed by atoms with van der Waals surface area (Å²) in [6, 6.07) is 7.34. The number of hydrogen-bond acceptors (Lipinski definition) is 5. The van der Waals surface area contributed by atoms with Gasteiger partial charge in [-0.2, -0.15) is 5.10 Å². The molecule has 0 radical (unpaired) electrons. The van der Waals surface area contributed by atoms with E-state index in [4.69, 9.17) is 11.6 Å². The molecule has 1 aromatic carbocycles. The molecule has 0 saturated heterocycles. The summed E-state index contributed by atoms with van der Waals surface area (Å²) in [5, 5.41) is 3.53. The first-order valence-electron chi connectivity index (χ1n) is 4.85. The van der Waals surface area contributed by atoms with Crippen LogP contribution in [0.1, 0.15) is 5.69 Å². The van der Waals surface area contributed by atoms with Gasteiger partial charge < -0.3 is 16.6 Å². The number of thioether (sulfide) groups is 1. The molecule has 0 amide bonds. The number of nitrogens with zero attached hydrogens (tertiary/aromatic N) is 2. The molecule has 0 saturated carbocycles. The molecule has 2 aromatic rings. The largest absolute Gasteiger partial charge is 0.377 e. The van der Waals surface area contributed by atoms with Gasteiger partial charge in [0, 0.05) is 5.75 Å². The fraction of sp³-hybridized carbons (Fsp3) is 0.100. The van der Waals surface area contributed by atoms with E-state index >= 15 is 0 Å². The van der Waals surface area contributed by atoms with Crippen LogP contribution in [-0.2, 0) is 5.75 Å². The lowest BCUT2D eigenvalue weighted by atomic mass is 10.3. The van der Waals surface area contributed by atoms with Gasteiger partial charge in [-0.05, 0) is 12.1 Å². The quantitative estimate of drug-likeness (QED) is 0.308. The van der Waals surface area contributed by atoms with Crippen molar-refractivity contribution in [1.82, 2.24) is 9.97 Å². The zero-order valence-electron chi connectivity index (χ0n) is 8.88. The maximum atomic E-state index is 11.7. The Morgan fingerprint density at radius 1 is 1.47 bits per heavy atom. The standard InChI is InChI=1S/C10H11N5OS/c11-10(15-12)17-5-8-9(16)14-7-4-2-1-3-6(7)13-8/h1-4H,5,12H2,(H2,11,15)(H,14,16). The predicted octanol–water partition coefficient (Wildman–Crippen LogP) is 0.345. The topological polar surface area (TPSA) is 110 Å². The maximum Gasteiger partial charge on any atom is 0.271 e. The summed E-state index contributed by atoms with van der Waals surface area (Å²) in [5.74, 6) is 5.34. The molecule has 0 aliphatic rings. The van der Waals surface area contributed by atoms with E-state index in [1.807, 2.05) is 18.2 Å². The molecule has 0 bridgehead atoms. The number of para-hydroxylation sites is 2. The molecule has 1 heterocycles. The van der Waals surface area contributed by atoms with Gasteiger partial charge in [-0.1, -0.05) is 23.9 Å². The molecule has 0 atom stereocenters. The van der Waals surface area contributed by atoms with Crippen molar-refractivity contribution in [2.24, 2.45) is 16.7 Å². The van der Waals surface area contributed by atoms with E-state index < -0.39 is 0 Å². The molecule has 2 rings (SSSR count). The van der Waals surface area contributed by atoms with E-state index in [1.54, 1.807) is 6.07 Å². The fourth-order valence-corrected chi connectivity index (χ4v) is 1.90. The zero-order valence-corrected chi connectivity index (χ0v) is 9.70. The third kappa shape index (κ3) is 2.56. The van der Waals surface area contributed by atoms with E-state index in [-0.39, 0.29) is 10.7 Å². The summed E-state index contributed by atoms with van der Waals surface area (Å²) in [6.07, 6.45) is 0. The van der Waals surface area contributed by atoms with Crippen LogP contribution < -0.4 is 17.1 Å². The highest BCUT2D eigenvalue weighted by Crippen LogP contribution is 2.10. The van der Waals surface area contributed by atoms with Crippen molar-refractivity contribution in [3.05, 3.63) is 40.3 Å². The lowest BCUT2D eigenvalue weighted by molar-refractivity contribution is 1.10. The number of aromatic nitrogens is 2. The zero-order chi connectivity index (χ0) is 12.3. The van der Waals surface area contributed by atoms with Crippen molar-refractivity contribution in [3.8, 4) is 0 Å². The normalized spacial score (nSPS) is 11.9. The third-order valence-electron chi connectivity index (χ3n) is 2.15. The number of hydrazone groups is 1. The first kappa shape index (κ1) is 11.5. The van der Waals surface area contributed by atoms with Gasteiger partial charge in [0.05, 0.1) is 11.0 Å². The Hall–Kier alpha value is -2.02. The van der Waals surface area contributed by atoms with Gasteiger partial charge in [0.15, 0.2) is 5.17 Å². The van der Waals surface area contributed by atoms with E-state index in [0.717, 1.165) is 5.52 Å². The van der Waals surface area contributed by atoms with Crippen LogP contribution in [0.4, 0.5) is 0 Å². The minimum atomic E-state index is -0.221. The van der Waals surface area contributed by atoms with Crippen LogP contribution in [0, 0.1) is 0 Å². The van der Waals surface area contributed by atoms with E-state index in [1.165, 1.54) is 11.8 Å². The monoisotopic (exact) mass is 249 g/mol. The van der Waals surface area contributed by atoms with Crippen LogP contribution >= 0.6 is 11.8 Å². The number of amidine groups is 1. The molecule has 0 spiro atoms. The van der Waals surface area contributed by atoms with Gasteiger partial charge in [-0.3, -0.25) is 4.79 Å². The van der Waals surface area contributed by atoms with Crippen molar-refractivity contribution in [1.29, 1.82) is 0 Å². The highest BCUT2D eigenvalue weighted by molar-refractivity contribution is 8.13. The molecule has 0 fully saturated rings. The van der Waals surface area contributed by atoms with Gasteiger partial charge in [-0.25, -0.2) is 4.98 Å². The number of nitrogens with two attached hydrogens (primary N) is 2. The molecular formula is C10H11N5OS. The van der Waals surface area contributed by atoms with Crippen LogP contribution in [0.5, 0.6) is 0 Å². The van der Waals surface area contributed by atoms with Gasteiger partial charge >= 0.3 is 0 Å². The Balaban J connectivity index is 2.34. The average Bonchev–Trinajstić information content (AvgIpc) is 2.35. The number of benzene rings is 1. The predicted molar refractivity (Wildman–Crippen MR) is 69.5 cm³/mol. The number of nitrogens with one attached hydrogen (secondary N) is 1. The van der Waals surface area contributed by atoms with Crippen molar-refractivity contribution in [3.63, 3.8) is 0 Å². The second-order valence-electron chi connectivity index (χ2n) is 3.29. The Kier molecular flexibility index (Phi) is 3.29. The molecule has 7 heteroatoms. The molecule has 88 valence electrons. The number of hydrogen-bond donors (Lipinski definition) is 3. The first-order valence-corrected chi connectivity index (χ1v) is 5.83. The SMILES string of the molecule is NN=C(N)SCc1nc2ccccc2[nH]c1=O. The molecular weight excluding hydrogens is 238 g/mol. The molecule has 0 unspecified atom stereocenters. The van der Waals surface area contributed by atoms with Crippen LogP contribution in [0.3, 0.4) is 0 Å². The lowest BCUT2D eigenvalue weighted by Gasteiger charge is -2.01. The van der Waals surface area contributed by atoms with Crippen molar-refractivity contribution >= 4 is 28.0 Å². The van der Waals surface area contributed by atoms with Gasteiger partial charge in [0.2, 0.25) is 0 Å². The van der Waals surface area contributed by atoms with Crippen LogP contribution in [0.25, 0.3) is 11.0 Å². The highest BCUT2D eigenvalue weighted by atomic mass is 32.2. The van der Waals surface area contributed by atoms with Crippen molar-refractivity contribution in [2.75, 3.05) is 0 Å². The fourth-order valence-electron chi connectivity index (χ4n) is 1.34. The van der Waals surface area contributed by atoms with Gasteiger partial charge in [-0.15, -0.1) is 0 Å². The Morgan fingerprint density at radius 3 is 3.00 bits per heavy atom. The lowest BCUT2D eigenvalue weighted by Crippen LogP contribution is -2.16. The van der Waals surface area contributed by atoms with Crippen LogP contribution in [0.15, 0.2) is 34.2 Å². The Labute approximate surface area is 101 Å². The second-order valence-corrected chi connectivity index (χ2v) is 4.28. The smallest absolute Gasteiger partial charge is 0.271 e. The van der Waals surface area contributed by atoms with Crippen LogP contribution in [-0.4, -0.2) is 15.1 Å². The summed E-state index contributed by atoms with van der Waals surface area (Å²) >= 11 is 1.17. The number of H-pyrrole nitrogens is 1. The highest BCUT2D eigenvalue weighted by Gasteiger charge is 2.05. The van der Waals surface area contributed by atoms with Crippen LogP contribution in [0.2, 0.25) is 0 Å². The molecule has 17 heavy (non-hydrogen) atoms. The molecule has 0 aliphatic heterocycles. The Bertz CT molecular complexity index is 621. The average molecular weight is 249 g/mol. The summed E-state index contributed by atoms with van der Waals surface area (Å²) in [4.78, 5) is 18.7. The Morgan fingerprint density at radius 2 is 2.24 bits per heavy atom. The summed E-state index contributed by atoms with van der Waals surface area (Å²) < 4.78 is 0. The summed E-state index contributed by atoms with van der Waals surface area (Å²) in [6.45, 7) is 0. The first-order chi connectivity index (χ1) is 8.20. The number of fused-ring (bicyclic) bond motifs is 1. The van der Waals surface area contributed by atoms with E-state index in [2.05, 4.69) is 15.1 Å². The van der Waals surface area contributed by atoms with Gasteiger partial charge in [0.25, 0.3) is 5.56 Å². The number of rotatable bonds is 2. The molecule has 5 N–H and O–H groups in total. The maximum absolute atomic E-state index is 11.7. The van der Waals surface area contributed by atoms with Crippen molar-refractivity contribution in [2.45, 2.75) is 5.75 Å². The minimum absolute atomic E-state index is 0.221. The molecule has 0 aliphatic carbocycles. The molecule has 1 aromatic heterocycles. The van der Waals surface area contributed by atoms with E-state index in [0.29, 0.717) is 17.0 Å². The van der Waals surface area contributed by atoms with E-state index in [9.17, 15) is 4.79 Å². The third-order valence-corrected chi connectivity index (χ3v) is 2.97. The molecule has 6 nitrogen and oxygen atoms in total. The van der Waals surface area contributed by atoms with Gasteiger partial charge in [0.1, 0.15) is 5.69 Å².